The Labute approximate surface area is 197 Å². The van der Waals surface area contributed by atoms with Crippen LogP contribution in [0.5, 0.6) is 0 Å². The summed E-state index contributed by atoms with van der Waals surface area (Å²) >= 11 is 1.40. The van der Waals surface area contributed by atoms with Crippen molar-refractivity contribution in [1.82, 2.24) is 13.9 Å². The molecule has 5 rings (SSSR count). The van der Waals surface area contributed by atoms with Crippen molar-refractivity contribution in [3.8, 4) is 11.1 Å². The lowest BCUT2D eigenvalue weighted by atomic mass is 10.1. The quantitative estimate of drug-likeness (QED) is 0.300. The third-order valence-electron chi connectivity index (χ3n) is 5.02. The molecule has 5 N–H and O–H groups in total. The average Bonchev–Trinajstić information content (AvgIpc) is 3.19. The standard InChI is InChI=1S/C24H20N6OS2/c25-23-22(32-29-18-7-3-1-4-8-18)14-17(15-27-23)16-11-12-20-21(13-16)30(24(26)28-20)33(31)19-9-5-2-6-10-19/h1-15,29H,(H2,25,27)(H2,26,28). The van der Waals surface area contributed by atoms with Gasteiger partial charge >= 0.3 is 0 Å². The van der Waals surface area contributed by atoms with Crippen molar-refractivity contribution in [1.29, 1.82) is 0 Å². The Morgan fingerprint density at radius 3 is 2.36 bits per heavy atom. The van der Waals surface area contributed by atoms with E-state index in [0.29, 0.717) is 21.7 Å². The van der Waals surface area contributed by atoms with Crippen LogP contribution in [0.2, 0.25) is 0 Å². The molecule has 2 heterocycles. The Hall–Kier alpha value is -3.82. The topological polar surface area (TPSA) is 112 Å². The normalized spacial score (nSPS) is 12.0. The van der Waals surface area contributed by atoms with Gasteiger partial charge in [-0.15, -0.1) is 0 Å². The lowest BCUT2D eigenvalue weighted by Crippen LogP contribution is -2.08. The van der Waals surface area contributed by atoms with Crippen molar-refractivity contribution < 1.29 is 4.21 Å². The summed E-state index contributed by atoms with van der Waals surface area (Å²) in [5.74, 6) is 0.635. The zero-order valence-electron chi connectivity index (χ0n) is 17.4. The summed E-state index contributed by atoms with van der Waals surface area (Å²) in [6.45, 7) is 0. The summed E-state index contributed by atoms with van der Waals surface area (Å²) in [5, 5.41) is 0. The number of nitrogen functional groups attached to an aromatic ring is 2. The summed E-state index contributed by atoms with van der Waals surface area (Å²) in [6.07, 6.45) is 1.72. The second kappa shape index (κ2) is 8.97. The van der Waals surface area contributed by atoms with Gasteiger partial charge in [0, 0.05) is 17.4 Å². The zero-order valence-corrected chi connectivity index (χ0v) is 19.0. The van der Waals surface area contributed by atoms with Gasteiger partial charge in [-0.3, -0.25) is 0 Å². The van der Waals surface area contributed by atoms with Crippen LogP contribution in [-0.4, -0.2) is 18.1 Å². The van der Waals surface area contributed by atoms with Gasteiger partial charge in [0.05, 0.1) is 20.8 Å². The maximum absolute atomic E-state index is 13.2. The van der Waals surface area contributed by atoms with E-state index in [-0.39, 0.29) is 5.95 Å². The molecule has 0 aliphatic carbocycles. The number of hydrogen-bond donors (Lipinski definition) is 3. The number of nitrogens with one attached hydrogen (secondary N) is 1. The maximum Gasteiger partial charge on any atom is 0.213 e. The van der Waals surface area contributed by atoms with Crippen molar-refractivity contribution >= 4 is 51.4 Å². The Morgan fingerprint density at radius 2 is 1.61 bits per heavy atom. The van der Waals surface area contributed by atoms with Crippen molar-refractivity contribution in [2.24, 2.45) is 0 Å². The van der Waals surface area contributed by atoms with Crippen LogP contribution in [-0.2, 0) is 11.0 Å². The van der Waals surface area contributed by atoms with Gasteiger partial charge in [-0.2, -0.15) is 0 Å². The van der Waals surface area contributed by atoms with Crippen molar-refractivity contribution in [2.75, 3.05) is 16.2 Å². The van der Waals surface area contributed by atoms with Crippen LogP contribution in [0.3, 0.4) is 0 Å². The Morgan fingerprint density at radius 1 is 0.879 bits per heavy atom. The van der Waals surface area contributed by atoms with Crippen molar-refractivity contribution in [2.45, 2.75) is 9.79 Å². The number of fused-ring (bicyclic) bond motifs is 1. The Balaban J connectivity index is 1.51. The largest absolute Gasteiger partial charge is 0.383 e. The van der Waals surface area contributed by atoms with Gasteiger partial charge in [-0.05, 0) is 60.0 Å². The molecule has 2 aromatic heterocycles. The number of pyridine rings is 1. The second-order valence-corrected chi connectivity index (χ2v) is 9.39. The predicted molar refractivity (Wildman–Crippen MR) is 136 cm³/mol. The molecule has 0 aliphatic rings. The number of nitrogens with zero attached hydrogens (tertiary/aromatic N) is 3. The number of anilines is 3. The number of para-hydroxylation sites is 1. The Bertz CT molecular complexity index is 1450. The lowest BCUT2D eigenvalue weighted by Gasteiger charge is -2.10. The summed E-state index contributed by atoms with van der Waals surface area (Å²) in [7, 11) is -1.52. The zero-order chi connectivity index (χ0) is 22.8. The fraction of sp³-hybridized carbons (Fsp3) is 0. The molecule has 5 aromatic rings. The highest BCUT2D eigenvalue weighted by molar-refractivity contribution is 8.00. The molecule has 0 spiro atoms. The minimum atomic E-state index is -1.52. The molecule has 1 atom stereocenters. The van der Waals surface area contributed by atoms with E-state index in [2.05, 4.69) is 14.7 Å². The number of rotatable bonds is 6. The van der Waals surface area contributed by atoms with E-state index in [9.17, 15) is 4.21 Å². The average molecular weight is 473 g/mol. The summed E-state index contributed by atoms with van der Waals surface area (Å²) < 4.78 is 18.1. The molecule has 3 aromatic carbocycles. The molecule has 7 nitrogen and oxygen atoms in total. The molecule has 1 unspecified atom stereocenters. The van der Waals surface area contributed by atoms with E-state index in [1.807, 2.05) is 72.8 Å². The molecule has 33 heavy (non-hydrogen) atoms. The number of hydrogen-bond acceptors (Lipinski definition) is 7. The third kappa shape index (κ3) is 4.28. The van der Waals surface area contributed by atoms with E-state index < -0.39 is 11.0 Å². The molecule has 0 aliphatic heterocycles. The molecular formula is C24H20N6OS2. The first kappa shape index (κ1) is 21.0. The van der Waals surface area contributed by atoms with E-state index in [1.165, 1.54) is 11.9 Å². The van der Waals surface area contributed by atoms with Gasteiger partial charge in [0.25, 0.3) is 0 Å². The number of nitrogens with two attached hydrogens (primary N) is 2. The summed E-state index contributed by atoms with van der Waals surface area (Å²) in [5.41, 5.74) is 16.3. The predicted octanol–water partition coefficient (Wildman–Crippen LogP) is 4.95. The molecule has 0 fully saturated rings. The molecule has 9 heteroatoms. The van der Waals surface area contributed by atoms with Gasteiger partial charge in [0.1, 0.15) is 5.82 Å². The van der Waals surface area contributed by atoms with E-state index in [4.69, 9.17) is 11.5 Å². The monoisotopic (exact) mass is 472 g/mol. The molecule has 0 bridgehead atoms. The summed E-state index contributed by atoms with van der Waals surface area (Å²) in [4.78, 5) is 10.2. The van der Waals surface area contributed by atoms with Gasteiger partial charge in [0.15, 0.2) is 11.0 Å². The van der Waals surface area contributed by atoms with E-state index in [0.717, 1.165) is 21.7 Å². The first-order valence-corrected chi connectivity index (χ1v) is 12.0. The first-order valence-electron chi connectivity index (χ1n) is 10.1. The van der Waals surface area contributed by atoms with E-state index in [1.54, 1.807) is 22.3 Å². The molecular weight excluding hydrogens is 452 g/mol. The van der Waals surface area contributed by atoms with Crippen LogP contribution >= 0.6 is 11.9 Å². The SMILES string of the molecule is Nc1ncc(-c2ccc3nc(N)n(S(=O)c4ccccc4)c3c2)cc1SNc1ccccc1. The van der Waals surface area contributed by atoms with Crippen LogP contribution in [0.15, 0.2) is 101 Å². The second-order valence-electron chi connectivity index (χ2n) is 7.21. The minimum Gasteiger partial charge on any atom is -0.383 e. The van der Waals surface area contributed by atoms with Crippen LogP contribution in [0.1, 0.15) is 0 Å². The fourth-order valence-electron chi connectivity index (χ4n) is 3.38. The first-order chi connectivity index (χ1) is 16.1. The highest BCUT2D eigenvalue weighted by atomic mass is 32.2. The molecule has 0 saturated heterocycles. The van der Waals surface area contributed by atoms with Crippen LogP contribution < -0.4 is 16.2 Å². The lowest BCUT2D eigenvalue weighted by molar-refractivity contribution is 0.679. The molecule has 164 valence electrons. The molecule has 0 radical (unpaired) electrons. The minimum absolute atomic E-state index is 0.197. The molecule has 0 saturated carbocycles. The maximum atomic E-state index is 13.2. The van der Waals surface area contributed by atoms with E-state index >= 15 is 0 Å². The van der Waals surface area contributed by atoms with Gasteiger partial charge in [-0.1, -0.05) is 42.5 Å². The van der Waals surface area contributed by atoms with Crippen molar-refractivity contribution in [3.63, 3.8) is 0 Å². The summed E-state index contributed by atoms with van der Waals surface area (Å²) in [6, 6.07) is 26.7. The van der Waals surface area contributed by atoms with Crippen LogP contribution in [0, 0.1) is 0 Å². The fourth-order valence-corrected chi connectivity index (χ4v) is 5.23. The highest BCUT2D eigenvalue weighted by Crippen LogP contribution is 2.32. The van der Waals surface area contributed by atoms with Gasteiger partial charge < -0.3 is 16.2 Å². The number of imidazole rings is 1. The van der Waals surface area contributed by atoms with Crippen molar-refractivity contribution in [3.05, 3.63) is 91.1 Å². The number of aromatic nitrogens is 3. The molecule has 0 amide bonds. The highest BCUT2D eigenvalue weighted by Gasteiger charge is 2.16. The van der Waals surface area contributed by atoms with Gasteiger partial charge in [-0.25, -0.2) is 18.1 Å². The van der Waals surface area contributed by atoms with Crippen LogP contribution in [0.25, 0.3) is 22.2 Å². The van der Waals surface area contributed by atoms with Gasteiger partial charge in [0.2, 0.25) is 5.95 Å². The Kier molecular flexibility index (Phi) is 5.72. The van der Waals surface area contributed by atoms with Crippen LogP contribution in [0.4, 0.5) is 17.5 Å². The third-order valence-corrected chi connectivity index (χ3v) is 7.29. The smallest absolute Gasteiger partial charge is 0.213 e. The number of benzene rings is 3.